The molecule has 2 unspecified atom stereocenters. The van der Waals surface area contributed by atoms with Crippen LogP contribution in [-0.4, -0.2) is 62.8 Å². The summed E-state index contributed by atoms with van der Waals surface area (Å²) < 4.78 is 38.4. The lowest BCUT2D eigenvalue weighted by Crippen LogP contribution is -2.49. The van der Waals surface area contributed by atoms with Crippen LogP contribution < -0.4 is 9.46 Å². The van der Waals surface area contributed by atoms with Crippen LogP contribution in [0.15, 0.2) is 23.2 Å². The van der Waals surface area contributed by atoms with E-state index in [0.717, 1.165) is 0 Å². The van der Waals surface area contributed by atoms with Gasteiger partial charge in [0.25, 0.3) is 0 Å². The Morgan fingerprint density at radius 3 is 2.95 bits per heavy atom. The van der Waals surface area contributed by atoms with Crippen molar-refractivity contribution in [2.45, 2.75) is 23.1 Å². The molecular weight excluding hydrogens is 282 g/mol. The van der Waals surface area contributed by atoms with Gasteiger partial charge in [-0.15, -0.1) is 0 Å². The normalized spacial score (nSPS) is 32.6. The molecule has 0 saturated carbocycles. The van der Waals surface area contributed by atoms with Gasteiger partial charge in [-0.25, -0.2) is 18.1 Å². The fraction of sp³-hybridized carbons (Fsp3) is 0.583. The summed E-state index contributed by atoms with van der Waals surface area (Å²) in [7, 11) is -3.57. The topological polar surface area (TPSA) is 80.8 Å². The fourth-order valence-corrected chi connectivity index (χ4v) is 4.18. The Morgan fingerprint density at radius 1 is 1.35 bits per heavy atom. The predicted molar refractivity (Wildman–Crippen MR) is 68.9 cm³/mol. The quantitative estimate of drug-likeness (QED) is 0.731. The Labute approximate surface area is 116 Å². The number of sulfonamides is 1. The Balaban J connectivity index is 1.65. The lowest BCUT2D eigenvalue weighted by molar-refractivity contribution is -0.0595. The maximum absolute atomic E-state index is 12.3. The van der Waals surface area contributed by atoms with Gasteiger partial charge in [0.1, 0.15) is 11.0 Å². The second kappa shape index (κ2) is 4.39. The molecule has 20 heavy (non-hydrogen) atoms. The van der Waals surface area contributed by atoms with Gasteiger partial charge in [-0.2, -0.15) is 0 Å². The molecule has 2 atom stereocenters. The summed E-state index contributed by atoms with van der Waals surface area (Å²) in [4.78, 5) is 6.39. The third-order valence-corrected chi connectivity index (χ3v) is 5.53. The number of rotatable bonds is 1. The van der Waals surface area contributed by atoms with Crippen LogP contribution in [0.4, 0.5) is 0 Å². The number of hydrogen-bond acceptors (Lipinski definition) is 6. The van der Waals surface area contributed by atoms with E-state index in [1.54, 1.807) is 12.3 Å². The molecule has 3 aliphatic heterocycles. The van der Waals surface area contributed by atoms with Crippen molar-refractivity contribution in [1.29, 1.82) is 0 Å². The minimum Gasteiger partial charge on any atom is -0.470 e. The number of likely N-dealkylation sites (tertiary alicyclic amines) is 1. The summed E-state index contributed by atoms with van der Waals surface area (Å²) in [5.41, 5.74) is 0. The number of nitrogens with one attached hydrogen (secondary N) is 1. The molecule has 0 amide bonds. The second-order valence-electron chi connectivity index (χ2n) is 5.34. The van der Waals surface area contributed by atoms with Gasteiger partial charge in [0, 0.05) is 19.3 Å². The fourth-order valence-electron chi connectivity index (χ4n) is 2.84. The number of hydrogen-bond donors (Lipinski definition) is 1. The minimum absolute atomic E-state index is 0.118. The number of pyridine rings is 1. The first kappa shape index (κ1) is 12.5. The molecule has 2 saturated heterocycles. The predicted octanol–water partition coefficient (Wildman–Crippen LogP) is -0.796. The molecule has 2 fully saturated rings. The molecule has 0 aliphatic carbocycles. The van der Waals surface area contributed by atoms with Gasteiger partial charge < -0.3 is 9.47 Å². The van der Waals surface area contributed by atoms with Crippen LogP contribution in [0.25, 0.3) is 0 Å². The van der Waals surface area contributed by atoms with E-state index < -0.39 is 10.0 Å². The maximum Gasteiger partial charge on any atom is 0.246 e. The lowest BCUT2D eigenvalue weighted by atomic mass is 10.2. The molecule has 108 valence electrons. The first-order valence-corrected chi connectivity index (χ1v) is 8.07. The van der Waals surface area contributed by atoms with Gasteiger partial charge in [0.15, 0.2) is 0 Å². The third-order valence-electron chi connectivity index (χ3n) is 4.03. The van der Waals surface area contributed by atoms with Crippen LogP contribution in [0.3, 0.4) is 0 Å². The van der Waals surface area contributed by atoms with E-state index >= 15 is 0 Å². The van der Waals surface area contributed by atoms with E-state index in [-0.39, 0.29) is 22.9 Å². The first-order valence-electron chi connectivity index (χ1n) is 6.59. The second-order valence-corrected chi connectivity index (χ2v) is 7.02. The highest BCUT2D eigenvalue weighted by molar-refractivity contribution is 7.89. The van der Waals surface area contributed by atoms with E-state index in [1.807, 2.05) is 0 Å². The molecular formula is C12H15N3O4S. The molecule has 3 aliphatic rings. The standard InChI is InChI=1S/C12H15N3O4S/c16-20(17)11-2-1-3-13-12(11)19-10-5-15(4-9(10)14-20)8-6-18-7-8/h1-3,8-10,14H,4-7H2. The van der Waals surface area contributed by atoms with Crippen molar-refractivity contribution >= 4 is 10.0 Å². The van der Waals surface area contributed by atoms with Crippen LogP contribution in [0.1, 0.15) is 0 Å². The van der Waals surface area contributed by atoms with Crippen LogP contribution in [0, 0.1) is 0 Å². The molecule has 0 radical (unpaired) electrons. The van der Waals surface area contributed by atoms with E-state index in [9.17, 15) is 8.42 Å². The summed E-state index contributed by atoms with van der Waals surface area (Å²) in [6.07, 6.45) is 1.34. The smallest absolute Gasteiger partial charge is 0.246 e. The molecule has 8 heteroatoms. The van der Waals surface area contributed by atoms with Gasteiger partial charge in [-0.3, -0.25) is 4.90 Å². The van der Waals surface area contributed by atoms with Gasteiger partial charge >= 0.3 is 0 Å². The highest BCUT2D eigenvalue weighted by Crippen LogP contribution is 2.30. The van der Waals surface area contributed by atoms with Gasteiger partial charge in [-0.1, -0.05) is 0 Å². The Bertz CT molecular complexity index is 631. The van der Waals surface area contributed by atoms with Crippen LogP contribution in [0.2, 0.25) is 0 Å². The minimum atomic E-state index is -3.57. The molecule has 1 aromatic rings. The summed E-state index contributed by atoms with van der Waals surface area (Å²) in [6.45, 7) is 2.76. The van der Waals surface area contributed by atoms with E-state index in [1.165, 1.54) is 6.07 Å². The number of fused-ring (bicyclic) bond motifs is 2. The largest absolute Gasteiger partial charge is 0.470 e. The summed E-state index contributed by atoms with van der Waals surface area (Å²) in [5.74, 6) is 0.194. The van der Waals surface area contributed by atoms with Crippen molar-refractivity contribution in [3.05, 3.63) is 18.3 Å². The lowest BCUT2D eigenvalue weighted by Gasteiger charge is -2.34. The number of ether oxygens (including phenoxy) is 2. The molecule has 1 aromatic heterocycles. The number of aromatic nitrogens is 1. The maximum atomic E-state index is 12.3. The zero-order chi connectivity index (χ0) is 13.7. The molecule has 0 aromatic carbocycles. The summed E-state index contributed by atoms with van der Waals surface area (Å²) in [5, 5.41) is 0. The van der Waals surface area contributed by atoms with Crippen molar-refractivity contribution in [3.8, 4) is 5.88 Å². The highest BCUT2D eigenvalue weighted by atomic mass is 32.2. The van der Waals surface area contributed by atoms with Crippen LogP contribution >= 0.6 is 0 Å². The zero-order valence-corrected chi connectivity index (χ0v) is 11.5. The average Bonchev–Trinajstić information content (AvgIpc) is 2.65. The third kappa shape index (κ3) is 1.91. The van der Waals surface area contributed by atoms with Gasteiger partial charge in [0.2, 0.25) is 15.9 Å². The zero-order valence-electron chi connectivity index (χ0n) is 10.7. The monoisotopic (exact) mass is 297 g/mol. The van der Waals surface area contributed by atoms with Gasteiger partial charge in [-0.05, 0) is 12.1 Å². The number of nitrogens with zero attached hydrogens (tertiary/aromatic N) is 2. The van der Waals surface area contributed by atoms with E-state index in [4.69, 9.17) is 9.47 Å². The first-order chi connectivity index (χ1) is 9.63. The molecule has 1 N–H and O–H groups in total. The highest BCUT2D eigenvalue weighted by Gasteiger charge is 2.44. The van der Waals surface area contributed by atoms with Crippen molar-refractivity contribution in [2.75, 3.05) is 26.3 Å². The summed E-state index contributed by atoms with van der Waals surface area (Å²) in [6, 6.07) is 3.25. The van der Waals surface area contributed by atoms with Crippen molar-refractivity contribution in [3.63, 3.8) is 0 Å². The molecule has 0 spiro atoms. The molecule has 4 rings (SSSR count). The Kier molecular flexibility index (Phi) is 2.75. The summed E-state index contributed by atoms with van der Waals surface area (Å²) >= 11 is 0. The van der Waals surface area contributed by atoms with Crippen molar-refractivity contribution in [2.24, 2.45) is 0 Å². The molecule has 7 nitrogen and oxygen atoms in total. The average molecular weight is 297 g/mol. The van der Waals surface area contributed by atoms with E-state index in [0.29, 0.717) is 32.3 Å². The SMILES string of the molecule is O=S1(=O)NC2CN(C3COC3)CC2Oc2ncccc21. The Hall–Kier alpha value is -1.22. The van der Waals surface area contributed by atoms with Crippen LogP contribution in [-0.2, 0) is 14.8 Å². The molecule has 0 bridgehead atoms. The van der Waals surface area contributed by atoms with Crippen molar-refractivity contribution in [1.82, 2.24) is 14.6 Å². The van der Waals surface area contributed by atoms with E-state index in [2.05, 4.69) is 14.6 Å². The molecule has 4 heterocycles. The van der Waals surface area contributed by atoms with Crippen molar-refractivity contribution < 1.29 is 17.9 Å². The van der Waals surface area contributed by atoms with Crippen LogP contribution in [0.5, 0.6) is 5.88 Å². The van der Waals surface area contributed by atoms with Gasteiger partial charge in [0.05, 0.1) is 25.3 Å². The Morgan fingerprint density at radius 2 is 2.20 bits per heavy atom.